The van der Waals surface area contributed by atoms with Crippen LogP contribution in [0.1, 0.15) is 0 Å². The van der Waals surface area contributed by atoms with Gasteiger partial charge in [-0.15, -0.1) is 11.8 Å². The van der Waals surface area contributed by atoms with Gasteiger partial charge < -0.3 is 5.32 Å². The Kier molecular flexibility index (Phi) is 6.15. The fourth-order valence-corrected chi connectivity index (χ4v) is 3.46. The maximum absolute atomic E-state index is 12.2. The summed E-state index contributed by atoms with van der Waals surface area (Å²) in [7, 11) is -3.59. The summed E-state index contributed by atoms with van der Waals surface area (Å²) in [6, 6.07) is 13.6. The molecule has 0 saturated carbocycles. The van der Waals surface area contributed by atoms with Crippen molar-refractivity contribution in [3.8, 4) is 0 Å². The van der Waals surface area contributed by atoms with Crippen LogP contribution in [-0.4, -0.2) is 33.4 Å². The van der Waals surface area contributed by atoms with Gasteiger partial charge in [0, 0.05) is 15.6 Å². The van der Waals surface area contributed by atoms with E-state index in [-0.39, 0.29) is 6.54 Å². The zero-order valence-corrected chi connectivity index (χ0v) is 15.6. The van der Waals surface area contributed by atoms with Crippen molar-refractivity contribution < 1.29 is 13.2 Å². The molecular formula is C16H17ClN2O3S2. The van der Waals surface area contributed by atoms with Crippen molar-refractivity contribution in [2.45, 2.75) is 4.90 Å². The summed E-state index contributed by atoms with van der Waals surface area (Å²) in [6.45, 7) is -0.306. The van der Waals surface area contributed by atoms with Gasteiger partial charge in [-0.1, -0.05) is 17.7 Å². The largest absolute Gasteiger partial charge is 0.325 e. The molecule has 128 valence electrons. The number of thioether (sulfide) groups is 1. The topological polar surface area (TPSA) is 66.5 Å². The molecule has 0 atom stereocenters. The first-order valence-corrected chi connectivity index (χ1v) is 10.4. The van der Waals surface area contributed by atoms with Crippen molar-refractivity contribution >= 4 is 50.7 Å². The predicted octanol–water partition coefficient (Wildman–Crippen LogP) is 3.47. The monoisotopic (exact) mass is 384 g/mol. The fraction of sp³-hybridized carbons (Fsp3) is 0.188. The van der Waals surface area contributed by atoms with E-state index >= 15 is 0 Å². The van der Waals surface area contributed by atoms with Gasteiger partial charge in [-0.2, -0.15) is 0 Å². The average Bonchev–Trinajstić information content (AvgIpc) is 2.54. The van der Waals surface area contributed by atoms with Gasteiger partial charge >= 0.3 is 0 Å². The molecule has 0 bridgehead atoms. The van der Waals surface area contributed by atoms with E-state index in [1.807, 2.05) is 12.3 Å². The zero-order chi connectivity index (χ0) is 17.7. The van der Waals surface area contributed by atoms with E-state index in [1.54, 1.807) is 42.5 Å². The number of carbonyl (C=O) groups is 1. The highest BCUT2D eigenvalue weighted by Gasteiger charge is 2.21. The predicted molar refractivity (Wildman–Crippen MR) is 100 cm³/mol. The molecule has 0 aliphatic rings. The molecule has 5 nitrogen and oxygen atoms in total. The SMILES string of the molecule is CSc1cccc(N(CC(=O)Nc2ccc(Cl)cc2)S(C)(=O)=O)c1. The van der Waals surface area contributed by atoms with Crippen LogP contribution in [0.15, 0.2) is 53.4 Å². The van der Waals surface area contributed by atoms with Crippen LogP contribution in [-0.2, 0) is 14.8 Å². The van der Waals surface area contributed by atoms with Crippen LogP contribution in [0.2, 0.25) is 5.02 Å². The van der Waals surface area contributed by atoms with Gasteiger partial charge in [0.15, 0.2) is 0 Å². The maximum atomic E-state index is 12.2. The molecule has 1 N–H and O–H groups in total. The minimum Gasteiger partial charge on any atom is -0.325 e. The lowest BCUT2D eigenvalue weighted by Gasteiger charge is -2.22. The number of amides is 1. The van der Waals surface area contributed by atoms with Crippen molar-refractivity contribution in [1.29, 1.82) is 0 Å². The molecule has 0 heterocycles. The number of anilines is 2. The van der Waals surface area contributed by atoms with E-state index in [0.717, 1.165) is 15.5 Å². The summed E-state index contributed by atoms with van der Waals surface area (Å²) in [5.41, 5.74) is 1.01. The summed E-state index contributed by atoms with van der Waals surface area (Å²) in [5.74, 6) is -0.433. The normalized spacial score (nSPS) is 11.1. The number of hydrogen-bond acceptors (Lipinski definition) is 4. The van der Waals surface area contributed by atoms with E-state index in [1.165, 1.54) is 11.8 Å². The fourth-order valence-electron chi connectivity index (χ4n) is 2.03. The van der Waals surface area contributed by atoms with E-state index in [2.05, 4.69) is 5.32 Å². The van der Waals surface area contributed by atoms with E-state index < -0.39 is 15.9 Å². The first-order chi connectivity index (χ1) is 11.3. The standard InChI is InChI=1S/C16H17ClN2O3S2/c1-23-15-5-3-4-14(10-15)19(24(2,21)22)11-16(20)18-13-8-6-12(17)7-9-13/h3-10H,11H2,1-2H3,(H,18,20). The molecule has 0 spiro atoms. The summed E-state index contributed by atoms with van der Waals surface area (Å²) in [4.78, 5) is 13.1. The summed E-state index contributed by atoms with van der Waals surface area (Å²) in [5, 5.41) is 3.22. The summed E-state index contributed by atoms with van der Waals surface area (Å²) < 4.78 is 25.3. The van der Waals surface area contributed by atoms with Gasteiger partial charge in [-0.25, -0.2) is 8.42 Å². The summed E-state index contributed by atoms with van der Waals surface area (Å²) in [6.07, 6.45) is 2.98. The van der Waals surface area contributed by atoms with Gasteiger partial charge in [0.25, 0.3) is 0 Å². The van der Waals surface area contributed by atoms with Gasteiger partial charge in [0.05, 0.1) is 11.9 Å². The Hall–Kier alpha value is -1.70. The quantitative estimate of drug-likeness (QED) is 0.774. The van der Waals surface area contributed by atoms with Crippen molar-refractivity contribution in [2.24, 2.45) is 0 Å². The van der Waals surface area contributed by atoms with Crippen LogP contribution >= 0.6 is 23.4 Å². The number of hydrogen-bond donors (Lipinski definition) is 1. The van der Waals surface area contributed by atoms with Crippen LogP contribution < -0.4 is 9.62 Å². The van der Waals surface area contributed by atoms with Gasteiger partial charge in [0.2, 0.25) is 15.9 Å². The molecule has 8 heteroatoms. The molecule has 0 saturated heterocycles. The lowest BCUT2D eigenvalue weighted by molar-refractivity contribution is -0.114. The second kappa shape index (κ2) is 7.92. The van der Waals surface area contributed by atoms with Gasteiger partial charge in [-0.3, -0.25) is 9.10 Å². The van der Waals surface area contributed by atoms with E-state index in [9.17, 15) is 13.2 Å². The molecule has 24 heavy (non-hydrogen) atoms. The third kappa shape index (κ3) is 5.15. The molecule has 0 aromatic heterocycles. The van der Waals surface area contributed by atoms with Crippen LogP contribution in [0.5, 0.6) is 0 Å². The number of nitrogens with one attached hydrogen (secondary N) is 1. The average molecular weight is 385 g/mol. The van der Waals surface area contributed by atoms with Gasteiger partial charge in [-0.05, 0) is 48.7 Å². The van der Waals surface area contributed by atoms with E-state index in [0.29, 0.717) is 16.4 Å². The lowest BCUT2D eigenvalue weighted by Crippen LogP contribution is -2.37. The third-order valence-electron chi connectivity index (χ3n) is 3.16. The number of halogens is 1. The molecule has 0 aliphatic heterocycles. The molecule has 2 aromatic carbocycles. The Labute approximate surface area is 151 Å². The molecule has 1 amide bonds. The highest BCUT2D eigenvalue weighted by atomic mass is 35.5. The molecule has 0 unspecified atom stereocenters. The Morgan fingerprint density at radius 3 is 2.46 bits per heavy atom. The van der Waals surface area contributed by atoms with Crippen LogP contribution in [0.4, 0.5) is 11.4 Å². The molecule has 0 aliphatic carbocycles. The van der Waals surface area contributed by atoms with E-state index in [4.69, 9.17) is 11.6 Å². The molecular weight excluding hydrogens is 368 g/mol. The first kappa shape index (κ1) is 18.6. The molecule has 2 rings (SSSR count). The van der Waals surface area contributed by atoms with Crippen LogP contribution in [0, 0.1) is 0 Å². The Balaban J connectivity index is 2.20. The lowest BCUT2D eigenvalue weighted by atomic mass is 10.3. The molecule has 2 aromatic rings. The van der Waals surface area contributed by atoms with Gasteiger partial charge in [0.1, 0.15) is 6.54 Å². The van der Waals surface area contributed by atoms with Crippen molar-refractivity contribution in [2.75, 3.05) is 28.7 Å². The minimum absolute atomic E-state index is 0.306. The number of nitrogens with zero attached hydrogens (tertiary/aromatic N) is 1. The Bertz CT molecular complexity index is 823. The number of sulfonamides is 1. The summed E-state index contributed by atoms with van der Waals surface area (Å²) >= 11 is 7.30. The minimum atomic E-state index is -3.59. The smallest absolute Gasteiger partial charge is 0.245 e. The highest BCUT2D eigenvalue weighted by Crippen LogP contribution is 2.24. The van der Waals surface area contributed by atoms with Crippen molar-refractivity contribution in [3.05, 3.63) is 53.6 Å². The Morgan fingerprint density at radius 2 is 1.88 bits per heavy atom. The molecule has 0 fully saturated rings. The number of rotatable bonds is 6. The first-order valence-electron chi connectivity index (χ1n) is 6.97. The number of benzene rings is 2. The zero-order valence-electron chi connectivity index (χ0n) is 13.2. The Morgan fingerprint density at radius 1 is 1.21 bits per heavy atom. The van der Waals surface area contributed by atoms with Crippen LogP contribution in [0.25, 0.3) is 0 Å². The molecule has 0 radical (unpaired) electrons. The maximum Gasteiger partial charge on any atom is 0.245 e. The van der Waals surface area contributed by atoms with Crippen molar-refractivity contribution in [1.82, 2.24) is 0 Å². The second-order valence-electron chi connectivity index (χ2n) is 5.03. The second-order valence-corrected chi connectivity index (χ2v) is 8.25. The van der Waals surface area contributed by atoms with Crippen LogP contribution in [0.3, 0.4) is 0 Å². The highest BCUT2D eigenvalue weighted by molar-refractivity contribution is 7.98. The van der Waals surface area contributed by atoms with Crippen molar-refractivity contribution in [3.63, 3.8) is 0 Å². The third-order valence-corrected chi connectivity index (χ3v) is 5.27. The number of carbonyl (C=O) groups excluding carboxylic acids is 1.